The Kier molecular flexibility index (Phi) is 5.49. The van der Waals surface area contributed by atoms with Gasteiger partial charge in [0.1, 0.15) is 0 Å². The highest BCUT2D eigenvalue weighted by atomic mass is 16.5. The van der Waals surface area contributed by atoms with Gasteiger partial charge in [-0.25, -0.2) is 0 Å². The van der Waals surface area contributed by atoms with Crippen LogP contribution in [0.2, 0.25) is 0 Å². The number of likely N-dealkylation sites (tertiary alicyclic amines) is 1. The SMILES string of the molecule is COCC(CN)(C(C)C)N1CCC2(CCCCC2)CC1. The first-order valence-electron chi connectivity index (χ1n) is 8.53. The third-order valence-electron chi connectivity index (χ3n) is 6.19. The van der Waals surface area contributed by atoms with Crippen LogP contribution in [0.3, 0.4) is 0 Å². The number of nitrogens with zero attached hydrogens (tertiary/aromatic N) is 1. The van der Waals surface area contributed by atoms with Gasteiger partial charge in [0.15, 0.2) is 0 Å². The van der Waals surface area contributed by atoms with Gasteiger partial charge >= 0.3 is 0 Å². The van der Waals surface area contributed by atoms with Crippen LogP contribution in [-0.4, -0.2) is 43.8 Å². The van der Waals surface area contributed by atoms with Crippen molar-refractivity contribution in [2.24, 2.45) is 17.1 Å². The number of methoxy groups -OCH3 is 1. The van der Waals surface area contributed by atoms with Crippen molar-refractivity contribution in [3.05, 3.63) is 0 Å². The average molecular weight is 282 g/mol. The molecule has 0 bridgehead atoms. The molecule has 1 saturated carbocycles. The van der Waals surface area contributed by atoms with Crippen molar-refractivity contribution in [3.8, 4) is 0 Å². The molecule has 2 rings (SSSR count). The molecule has 1 saturated heterocycles. The van der Waals surface area contributed by atoms with Gasteiger partial charge in [-0.1, -0.05) is 33.1 Å². The topological polar surface area (TPSA) is 38.5 Å². The summed E-state index contributed by atoms with van der Waals surface area (Å²) in [5.74, 6) is 0.535. The first kappa shape index (κ1) is 16.3. The molecule has 2 N–H and O–H groups in total. The molecule has 0 radical (unpaired) electrons. The van der Waals surface area contributed by atoms with Crippen LogP contribution >= 0.6 is 0 Å². The van der Waals surface area contributed by atoms with Gasteiger partial charge in [0.05, 0.1) is 12.1 Å². The Hall–Kier alpha value is -0.120. The smallest absolute Gasteiger partial charge is 0.0661 e. The van der Waals surface area contributed by atoms with Crippen LogP contribution in [0.25, 0.3) is 0 Å². The molecule has 0 aromatic carbocycles. The zero-order valence-electron chi connectivity index (χ0n) is 13.8. The van der Waals surface area contributed by atoms with E-state index in [2.05, 4.69) is 18.7 Å². The number of hydrogen-bond acceptors (Lipinski definition) is 3. The Morgan fingerprint density at radius 2 is 1.70 bits per heavy atom. The highest BCUT2D eigenvalue weighted by Gasteiger charge is 2.44. The van der Waals surface area contributed by atoms with E-state index in [1.165, 1.54) is 58.0 Å². The van der Waals surface area contributed by atoms with Gasteiger partial charge in [-0.2, -0.15) is 0 Å². The third-order valence-corrected chi connectivity index (χ3v) is 6.19. The molecule has 118 valence electrons. The predicted molar refractivity (Wildman–Crippen MR) is 84.8 cm³/mol. The summed E-state index contributed by atoms with van der Waals surface area (Å²) in [6.45, 7) is 8.45. The van der Waals surface area contributed by atoms with E-state index in [9.17, 15) is 0 Å². The van der Waals surface area contributed by atoms with Crippen molar-refractivity contribution < 1.29 is 4.74 Å². The van der Waals surface area contributed by atoms with Gasteiger partial charge in [0, 0.05) is 13.7 Å². The van der Waals surface area contributed by atoms with E-state index < -0.39 is 0 Å². The van der Waals surface area contributed by atoms with Crippen LogP contribution in [0, 0.1) is 11.3 Å². The van der Waals surface area contributed by atoms with Gasteiger partial charge < -0.3 is 10.5 Å². The molecule has 1 unspecified atom stereocenters. The lowest BCUT2D eigenvalue weighted by Crippen LogP contribution is -2.63. The second-order valence-corrected chi connectivity index (χ2v) is 7.44. The lowest BCUT2D eigenvalue weighted by atomic mass is 9.67. The molecule has 0 amide bonds. The Labute approximate surface area is 125 Å². The number of hydrogen-bond donors (Lipinski definition) is 1. The molecule has 1 atom stereocenters. The lowest BCUT2D eigenvalue weighted by molar-refractivity contribution is -0.0542. The average Bonchev–Trinajstić information content (AvgIpc) is 2.46. The fraction of sp³-hybridized carbons (Fsp3) is 1.00. The van der Waals surface area contributed by atoms with Crippen LogP contribution in [-0.2, 0) is 4.74 Å². The molecule has 1 aliphatic carbocycles. The van der Waals surface area contributed by atoms with Crippen LogP contribution in [0.5, 0.6) is 0 Å². The largest absolute Gasteiger partial charge is 0.383 e. The zero-order valence-corrected chi connectivity index (χ0v) is 13.8. The summed E-state index contributed by atoms with van der Waals surface area (Å²) < 4.78 is 5.53. The van der Waals surface area contributed by atoms with Crippen LogP contribution in [0.1, 0.15) is 58.8 Å². The minimum absolute atomic E-state index is 0.0328. The maximum atomic E-state index is 6.17. The minimum Gasteiger partial charge on any atom is -0.383 e. The maximum Gasteiger partial charge on any atom is 0.0661 e. The van der Waals surface area contributed by atoms with Gasteiger partial charge in [0.2, 0.25) is 0 Å². The van der Waals surface area contributed by atoms with Crippen molar-refractivity contribution >= 4 is 0 Å². The zero-order chi connectivity index (χ0) is 14.6. The molecule has 1 spiro atoms. The van der Waals surface area contributed by atoms with Gasteiger partial charge in [-0.3, -0.25) is 4.90 Å². The van der Waals surface area contributed by atoms with Crippen molar-refractivity contribution in [3.63, 3.8) is 0 Å². The van der Waals surface area contributed by atoms with E-state index in [0.717, 1.165) is 6.61 Å². The molecule has 1 aliphatic heterocycles. The quantitative estimate of drug-likeness (QED) is 0.842. The summed E-state index contributed by atoms with van der Waals surface area (Å²) in [6, 6.07) is 0. The second-order valence-electron chi connectivity index (χ2n) is 7.44. The van der Waals surface area contributed by atoms with E-state index in [0.29, 0.717) is 17.9 Å². The maximum absolute atomic E-state index is 6.17. The van der Waals surface area contributed by atoms with Gasteiger partial charge in [-0.05, 0) is 50.1 Å². The molecule has 2 aliphatic rings. The molecule has 0 aromatic heterocycles. The van der Waals surface area contributed by atoms with E-state index in [1.54, 1.807) is 7.11 Å². The summed E-state index contributed by atoms with van der Waals surface area (Å²) in [5.41, 5.74) is 6.87. The number of ether oxygens (including phenoxy) is 1. The van der Waals surface area contributed by atoms with Crippen LogP contribution < -0.4 is 5.73 Å². The standard InChI is InChI=1S/C17H34N2O/c1-15(2)17(13-18,14-20-3)19-11-9-16(10-12-19)7-5-4-6-8-16/h15H,4-14,18H2,1-3H3. The highest BCUT2D eigenvalue weighted by Crippen LogP contribution is 2.46. The summed E-state index contributed by atoms with van der Waals surface area (Å²) in [6.07, 6.45) is 10.0. The van der Waals surface area contributed by atoms with Crippen molar-refractivity contribution in [1.82, 2.24) is 4.90 Å². The van der Waals surface area contributed by atoms with Crippen molar-refractivity contribution in [2.45, 2.75) is 64.3 Å². The first-order valence-corrected chi connectivity index (χ1v) is 8.53. The Balaban J connectivity index is 2.03. The highest BCUT2D eigenvalue weighted by molar-refractivity contribution is 4.99. The van der Waals surface area contributed by atoms with Gasteiger partial charge in [0.25, 0.3) is 0 Å². The molecule has 0 aromatic rings. The molecule has 2 fully saturated rings. The Bertz CT molecular complexity index is 289. The van der Waals surface area contributed by atoms with Crippen molar-refractivity contribution in [2.75, 3.05) is 33.4 Å². The van der Waals surface area contributed by atoms with E-state index >= 15 is 0 Å². The normalized spacial score (nSPS) is 26.9. The number of rotatable bonds is 5. The molecule has 3 heteroatoms. The molecule has 20 heavy (non-hydrogen) atoms. The molecule has 1 heterocycles. The number of nitrogens with two attached hydrogens (primary N) is 1. The summed E-state index contributed by atoms with van der Waals surface area (Å²) in [7, 11) is 1.80. The van der Waals surface area contributed by atoms with Crippen LogP contribution in [0.15, 0.2) is 0 Å². The Morgan fingerprint density at radius 3 is 2.15 bits per heavy atom. The summed E-state index contributed by atoms with van der Waals surface area (Å²) in [4.78, 5) is 2.64. The van der Waals surface area contributed by atoms with Gasteiger partial charge in [-0.15, -0.1) is 0 Å². The minimum atomic E-state index is 0.0328. The van der Waals surface area contributed by atoms with E-state index in [4.69, 9.17) is 10.5 Å². The fourth-order valence-electron chi connectivity index (χ4n) is 4.52. The van der Waals surface area contributed by atoms with Crippen molar-refractivity contribution in [1.29, 1.82) is 0 Å². The fourth-order valence-corrected chi connectivity index (χ4v) is 4.52. The molecule has 3 nitrogen and oxygen atoms in total. The predicted octanol–water partition coefficient (Wildman–Crippen LogP) is 3.03. The Morgan fingerprint density at radius 1 is 1.10 bits per heavy atom. The van der Waals surface area contributed by atoms with E-state index in [1.807, 2.05) is 0 Å². The summed E-state index contributed by atoms with van der Waals surface area (Å²) in [5, 5.41) is 0. The second kappa shape index (κ2) is 6.76. The summed E-state index contributed by atoms with van der Waals surface area (Å²) >= 11 is 0. The van der Waals surface area contributed by atoms with Crippen LogP contribution in [0.4, 0.5) is 0 Å². The first-order chi connectivity index (χ1) is 9.58. The monoisotopic (exact) mass is 282 g/mol. The van der Waals surface area contributed by atoms with E-state index in [-0.39, 0.29) is 5.54 Å². The third kappa shape index (κ3) is 3.05. The molecular weight excluding hydrogens is 248 g/mol. The molecular formula is C17H34N2O. The lowest BCUT2D eigenvalue weighted by Gasteiger charge is -2.52. The number of piperidine rings is 1.